The zero-order chi connectivity index (χ0) is 15.0. The number of carbonyl (C=O) groups is 1. The highest BCUT2D eigenvalue weighted by molar-refractivity contribution is 7.16. The monoisotopic (exact) mass is 342 g/mol. The molecule has 8 heteroatoms. The van der Waals surface area contributed by atoms with Gasteiger partial charge >= 0.3 is 0 Å². The minimum atomic E-state index is -0.266. The number of nitrogens with one attached hydrogen (secondary N) is 1. The van der Waals surface area contributed by atoms with E-state index < -0.39 is 0 Å². The summed E-state index contributed by atoms with van der Waals surface area (Å²) in [5.74, 6) is 0.460. The highest BCUT2D eigenvalue weighted by atomic mass is 35.5. The van der Waals surface area contributed by atoms with Crippen LogP contribution in [0.15, 0.2) is 0 Å². The van der Waals surface area contributed by atoms with Crippen LogP contribution in [0.25, 0.3) is 0 Å². The molecule has 112 valence electrons. The molecule has 0 radical (unpaired) electrons. The van der Waals surface area contributed by atoms with Crippen molar-refractivity contribution < 1.29 is 4.79 Å². The predicted octanol–water partition coefficient (Wildman–Crippen LogP) is 4.29. The Morgan fingerprint density at radius 2 is 2.10 bits per heavy atom. The molecule has 5 nitrogen and oxygen atoms in total. The zero-order valence-corrected chi connectivity index (χ0v) is 14.1. The number of thiazole rings is 1. The van der Waals surface area contributed by atoms with Crippen LogP contribution in [0.4, 0.5) is 5.13 Å². The van der Waals surface area contributed by atoms with Crippen molar-refractivity contribution in [2.24, 2.45) is 0 Å². The molecule has 0 aliphatic heterocycles. The summed E-state index contributed by atoms with van der Waals surface area (Å²) in [6.45, 7) is 4.03. The van der Waals surface area contributed by atoms with Gasteiger partial charge in [0.25, 0.3) is 5.91 Å². The van der Waals surface area contributed by atoms with Gasteiger partial charge in [0.1, 0.15) is 10.7 Å². The topological polar surface area (TPSA) is 67.8 Å². The summed E-state index contributed by atoms with van der Waals surface area (Å²) in [6.07, 6.45) is 3.59. The van der Waals surface area contributed by atoms with Crippen LogP contribution in [0.1, 0.15) is 65.3 Å². The summed E-state index contributed by atoms with van der Waals surface area (Å²) in [4.78, 5) is 17.3. The second kappa shape index (κ2) is 5.98. The lowest BCUT2D eigenvalue weighted by molar-refractivity contribution is 0.102. The van der Waals surface area contributed by atoms with Gasteiger partial charge in [-0.05, 0) is 18.8 Å². The van der Waals surface area contributed by atoms with Crippen molar-refractivity contribution in [2.75, 3.05) is 5.32 Å². The molecule has 1 saturated carbocycles. The summed E-state index contributed by atoms with van der Waals surface area (Å²) in [6, 6.07) is 0. The average molecular weight is 343 g/mol. The number of halogens is 1. The van der Waals surface area contributed by atoms with Gasteiger partial charge in [-0.3, -0.25) is 10.1 Å². The van der Waals surface area contributed by atoms with E-state index in [0.717, 1.165) is 9.88 Å². The van der Waals surface area contributed by atoms with E-state index in [2.05, 4.69) is 20.5 Å². The Morgan fingerprint density at radius 3 is 2.71 bits per heavy atom. The molecular weight excluding hydrogens is 328 g/mol. The van der Waals surface area contributed by atoms with Crippen LogP contribution in [0.2, 0.25) is 4.47 Å². The van der Waals surface area contributed by atoms with Gasteiger partial charge in [0.15, 0.2) is 4.47 Å². The quantitative estimate of drug-likeness (QED) is 0.899. The molecule has 0 bridgehead atoms. The smallest absolute Gasteiger partial charge is 0.277 e. The molecule has 0 unspecified atom stereocenters. The summed E-state index contributed by atoms with van der Waals surface area (Å²) < 4.78 is 0.385. The Hall–Kier alpha value is -1.05. The van der Waals surface area contributed by atoms with Gasteiger partial charge in [-0.1, -0.05) is 43.2 Å². The van der Waals surface area contributed by atoms with Gasteiger partial charge in [0.05, 0.1) is 0 Å². The Labute approximate surface area is 135 Å². The first-order valence-electron chi connectivity index (χ1n) is 6.85. The number of rotatable bonds is 4. The Bertz CT molecular complexity index is 663. The molecule has 0 spiro atoms. The molecule has 2 aromatic rings. The van der Waals surface area contributed by atoms with Crippen molar-refractivity contribution in [3.8, 4) is 0 Å². The van der Waals surface area contributed by atoms with E-state index in [1.54, 1.807) is 0 Å². The maximum atomic E-state index is 12.3. The fourth-order valence-corrected chi connectivity index (χ4v) is 4.15. The average Bonchev–Trinajstić information content (AvgIpc) is 2.94. The number of carbonyl (C=O) groups excluding carboxylic acids is 1. The van der Waals surface area contributed by atoms with Crippen LogP contribution in [0.3, 0.4) is 0 Å². The molecule has 1 aliphatic rings. The molecule has 1 amide bonds. The molecule has 1 N–H and O–H groups in total. The highest BCUT2D eigenvalue weighted by Gasteiger charge is 2.25. The third-order valence-electron chi connectivity index (χ3n) is 3.48. The van der Waals surface area contributed by atoms with E-state index in [9.17, 15) is 4.79 Å². The van der Waals surface area contributed by atoms with Gasteiger partial charge in [-0.2, -0.15) is 0 Å². The number of hydrogen-bond donors (Lipinski definition) is 1. The molecule has 0 aromatic carbocycles. The lowest BCUT2D eigenvalue weighted by Gasteiger charge is -2.21. The number of aromatic nitrogens is 3. The molecule has 2 aromatic heterocycles. The zero-order valence-electron chi connectivity index (χ0n) is 11.7. The fraction of sp³-hybridized carbons (Fsp3) is 0.538. The van der Waals surface area contributed by atoms with Crippen molar-refractivity contribution in [3.05, 3.63) is 20.0 Å². The van der Waals surface area contributed by atoms with Crippen molar-refractivity contribution in [3.63, 3.8) is 0 Å². The molecule has 2 heterocycles. The standard InChI is InChI=1S/C13H15ClN4OS2/c1-6(2)9-8(15-12(14)20-9)10(19)16-13-18-17-11(21-13)7-4-3-5-7/h6-7H,3-5H2,1-2H3,(H,16,18,19). The number of amides is 1. The number of nitrogens with zero attached hydrogens (tertiary/aromatic N) is 3. The number of hydrogen-bond acceptors (Lipinski definition) is 6. The van der Waals surface area contributed by atoms with Crippen molar-refractivity contribution in [1.82, 2.24) is 15.2 Å². The minimum absolute atomic E-state index is 0.204. The van der Waals surface area contributed by atoms with Gasteiger partial charge in [0.2, 0.25) is 5.13 Å². The van der Waals surface area contributed by atoms with Crippen LogP contribution in [-0.4, -0.2) is 21.1 Å². The molecule has 1 aliphatic carbocycles. The normalized spacial score (nSPS) is 15.2. The van der Waals surface area contributed by atoms with E-state index in [0.29, 0.717) is 21.2 Å². The van der Waals surface area contributed by atoms with Gasteiger partial charge in [-0.25, -0.2) is 4.98 Å². The molecular formula is C13H15ClN4OS2. The summed E-state index contributed by atoms with van der Waals surface area (Å²) >= 11 is 8.73. The van der Waals surface area contributed by atoms with Crippen LogP contribution >= 0.6 is 34.3 Å². The van der Waals surface area contributed by atoms with Crippen molar-refractivity contribution >= 4 is 45.3 Å². The second-order valence-electron chi connectivity index (χ2n) is 5.36. The van der Waals surface area contributed by atoms with Gasteiger partial charge in [0, 0.05) is 10.8 Å². The minimum Gasteiger partial charge on any atom is -0.295 e. The van der Waals surface area contributed by atoms with Gasteiger partial charge in [-0.15, -0.1) is 21.5 Å². The lowest BCUT2D eigenvalue weighted by atomic mass is 9.86. The van der Waals surface area contributed by atoms with E-state index >= 15 is 0 Å². The largest absolute Gasteiger partial charge is 0.295 e. The molecule has 3 rings (SSSR count). The Kier molecular flexibility index (Phi) is 4.24. The van der Waals surface area contributed by atoms with Crippen LogP contribution in [0.5, 0.6) is 0 Å². The molecule has 21 heavy (non-hydrogen) atoms. The molecule has 1 fully saturated rings. The summed E-state index contributed by atoms with van der Waals surface area (Å²) in [5, 5.41) is 12.5. The third-order valence-corrected chi connectivity index (χ3v) is 5.94. The first-order chi connectivity index (χ1) is 10.0. The molecule has 0 atom stereocenters. The maximum absolute atomic E-state index is 12.3. The van der Waals surface area contributed by atoms with Crippen LogP contribution < -0.4 is 5.32 Å². The van der Waals surface area contributed by atoms with Crippen molar-refractivity contribution in [2.45, 2.75) is 44.9 Å². The lowest BCUT2D eigenvalue weighted by Crippen LogP contribution is -2.14. The van der Waals surface area contributed by atoms with Gasteiger partial charge < -0.3 is 0 Å². The van der Waals surface area contributed by atoms with E-state index in [4.69, 9.17) is 11.6 Å². The molecule has 0 saturated heterocycles. The van der Waals surface area contributed by atoms with E-state index in [1.807, 2.05) is 13.8 Å². The maximum Gasteiger partial charge on any atom is 0.277 e. The Balaban J connectivity index is 1.75. The highest BCUT2D eigenvalue weighted by Crippen LogP contribution is 2.38. The Morgan fingerprint density at radius 1 is 1.33 bits per heavy atom. The van der Waals surface area contributed by atoms with Crippen LogP contribution in [-0.2, 0) is 0 Å². The predicted molar refractivity (Wildman–Crippen MR) is 85.7 cm³/mol. The van der Waals surface area contributed by atoms with Crippen LogP contribution in [0, 0.1) is 0 Å². The first kappa shape index (κ1) is 14.9. The second-order valence-corrected chi connectivity index (χ2v) is 7.98. The van der Waals surface area contributed by atoms with E-state index in [-0.39, 0.29) is 11.8 Å². The van der Waals surface area contributed by atoms with Crippen molar-refractivity contribution in [1.29, 1.82) is 0 Å². The first-order valence-corrected chi connectivity index (χ1v) is 8.86. The SMILES string of the molecule is CC(C)c1sc(Cl)nc1C(=O)Nc1nnc(C2CCC2)s1. The van der Waals surface area contributed by atoms with E-state index in [1.165, 1.54) is 41.9 Å². The summed E-state index contributed by atoms with van der Waals surface area (Å²) in [7, 11) is 0. The fourth-order valence-electron chi connectivity index (χ4n) is 2.12. The summed E-state index contributed by atoms with van der Waals surface area (Å²) in [5.41, 5.74) is 0.389. The number of anilines is 1. The third kappa shape index (κ3) is 3.09.